The zero-order valence-electron chi connectivity index (χ0n) is 13.4. The number of hydrogen-bond acceptors (Lipinski definition) is 6. The molecule has 7 nitrogen and oxygen atoms in total. The van der Waals surface area contributed by atoms with E-state index in [2.05, 4.69) is 31.0 Å². The van der Waals surface area contributed by atoms with Crippen LogP contribution in [0.4, 0.5) is 0 Å². The average molecular weight is 334 g/mol. The summed E-state index contributed by atoms with van der Waals surface area (Å²) in [5.74, 6) is 0.0951. The van der Waals surface area contributed by atoms with Crippen molar-refractivity contribution in [1.82, 2.24) is 28.9 Å². The van der Waals surface area contributed by atoms with E-state index < -0.39 is 0 Å². The van der Waals surface area contributed by atoms with E-state index in [0.717, 1.165) is 62.7 Å². The Morgan fingerprint density at radius 3 is 2.78 bits per heavy atom. The molecule has 0 bridgehead atoms. The second kappa shape index (κ2) is 7.65. The highest BCUT2D eigenvalue weighted by atomic mass is 32.1. The van der Waals surface area contributed by atoms with Gasteiger partial charge in [-0.2, -0.15) is 0 Å². The molecule has 1 aliphatic rings. The molecule has 2 aromatic heterocycles. The van der Waals surface area contributed by atoms with Crippen LogP contribution < -0.4 is 0 Å². The van der Waals surface area contributed by atoms with Gasteiger partial charge in [0.05, 0.1) is 12.0 Å². The molecule has 8 heteroatoms. The fourth-order valence-electron chi connectivity index (χ4n) is 2.77. The summed E-state index contributed by atoms with van der Waals surface area (Å²) in [5.41, 5.74) is 0.852. The van der Waals surface area contributed by atoms with E-state index in [4.69, 9.17) is 0 Å². The molecule has 1 amide bonds. The van der Waals surface area contributed by atoms with Gasteiger partial charge in [-0.3, -0.25) is 9.69 Å². The molecule has 3 rings (SSSR count). The Labute approximate surface area is 140 Å². The summed E-state index contributed by atoms with van der Waals surface area (Å²) in [7, 11) is 0. The van der Waals surface area contributed by atoms with Crippen molar-refractivity contribution in [1.29, 1.82) is 0 Å². The lowest BCUT2D eigenvalue weighted by molar-refractivity contribution is 0.0636. The molecule has 1 fully saturated rings. The van der Waals surface area contributed by atoms with Gasteiger partial charge in [-0.15, -0.1) is 5.10 Å². The predicted molar refractivity (Wildman–Crippen MR) is 88.5 cm³/mol. The number of nitrogens with zero attached hydrogens (tertiary/aromatic N) is 6. The standard InChI is InChI=1S/C15H22N6OS/c1-2-3-13-14(23-18-17-13)15(22)21-10-8-19(9-11-21)6-7-20-5-4-16-12-20/h4-5,12H,2-3,6-11H2,1H3. The van der Waals surface area contributed by atoms with Crippen molar-refractivity contribution in [3.8, 4) is 0 Å². The Bertz CT molecular complexity index is 618. The van der Waals surface area contributed by atoms with E-state index in [1.807, 2.05) is 17.4 Å². The Kier molecular flexibility index (Phi) is 5.35. The number of carbonyl (C=O) groups excluding carboxylic acids is 1. The molecule has 23 heavy (non-hydrogen) atoms. The lowest BCUT2D eigenvalue weighted by Gasteiger charge is -2.34. The van der Waals surface area contributed by atoms with Gasteiger partial charge in [-0.25, -0.2) is 4.98 Å². The van der Waals surface area contributed by atoms with Crippen LogP contribution in [0.15, 0.2) is 18.7 Å². The van der Waals surface area contributed by atoms with Crippen molar-refractivity contribution in [3.05, 3.63) is 29.3 Å². The van der Waals surface area contributed by atoms with Gasteiger partial charge in [0, 0.05) is 51.7 Å². The van der Waals surface area contributed by atoms with Crippen LogP contribution >= 0.6 is 11.5 Å². The van der Waals surface area contributed by atoms with Gasteiger partial charge < -0.3 is 9.47 Å². The third kappa shape index (κ3) is 3.94. The van der Waals surface area contributed by atoms with E-state index in [-0.39, 0.29) is 5.91 Å². The molecule has 0 spiro atoms. The minimum Gasteiger partial charge on any atom is -0.336 e. The number of aryl methyl sites for hydroxylation is 1. The van der Waals surface area contributed by atoms with Gasteiger partial charge in [0.1, 0.15) is 4.88 Å². The Balaban J connectivity index is 1.50. The first-order valence-electron chi connectivity index (χ1n) is 8.06. The predicted octanol–water partition coefficient (Wildman–Crippen LogP) is 1.15. The van der Waals surface area contributed by atoms with Crippen LogP contribution in [0.1, 0.15) is 28.7 Å². The van der Waals surface area contributed by atoms with Crippen molar-refractivity contribution in [2.24, 2.45) is 0 Å². The van der Waals surface area contributed by atoms with Crippen LogP contribution in [0.3, 0.4) is 0 Å². The van der Waals surface area contributed by atoms with Gasteiger partial charge in [0.2, 0.25) is 0 Å². The van der Waals surface area contributed by atoms with Crippen LogP contribution in [0.25, 0.3) is 0 Å². The normalized spacial score (nSPS) is 16.0. The summed E-state index contributed by atoms with van der Waals surface area (Å²) in [6.45, 7) is 7.38. The van der Waals surface area contributed by atoms with E-state index >= 15 is 0 Å². The third-order valence-electron chi connectivity index (χ3n) is 4.13. The first-order chi connectivity index (χ1) is 11.3. The molecule has 1 saturated heterocycles. The summed E-state index contributed by atoms with van der Waals surface area (Å²) in [4.78, 5) is 21.7. The molecule has 0 radical (unpaired) electrons. The summed E-state index contributed by atoms with van der Waals surface area (Å²) in [6.07, 6.45) is 7.42. The lowest BCUT2D eigenvalue weighted by atomic mass is 10.2. The van der Waals surface area contributed by atoms with E-state index in [9.17, 15) is 4.79 Å². The number of amides is 1. The minimum absolute atomic E-state index is 0.0951. The first kappa shape index (κ1) is 16.1. The van der Waals surface area contributed by atoms with Crippen molar-refractivity contribution in [3.63, 3.8) is 0 Å². The maximum Gasteiger partial charge on any atom is 0.267 e. The smallest absolute Gasteiger partial charge is 0.267 e. The molecule has 124 valence electrons. The Morgan fingerprint density at radius 2 is 2.09 bits per heavy atom. The van der Waals surface area contributed by atoms with E-state index in [0.29, 0.717) is 0 Å². The van der Waals surface area contributed by atoms with E-state index in [1.165, 1.54) is 11.5 Å². The maximum atomic E-state index is 12.6. The Hall–Kier alpha value is -1.80. The third-order valence-corrected chi connectivity index (χ3v) is 4.89. The van der Waals surface area contributed by atoms with Crippen molar-refractivity contribution >= 4 is 17.4 Å². The molecular weight excluding hydrogens is 312 g/mol. The summed E-state index contributed by atoms with van der Waals surface area (Å²) in [6, 6.07) is 0. The van der Waals surface area contributed by atoms with Crippen LogP contribution in [-0.2, 0) is 13.0 Å². The van der Waals surface area contributed by atoms with Gasteiger partial charge in [0.25, 0.3) is 5.91 Å². The van der Waals surface area contributed by atoms with Gasteiger partial charge >= 0.3 is 0 Å². The average Bonchev–Trinajstić information content (AvgIpc) is 3.25. The number of piperazine rings is 1. The largest absolute Gasteiger partial charge is 0.336 e. The highest BCUT2D eigenvalue weighted by Gasteiger charge is 2.25. The zero-order chi connectivity index (χ0) is 16.1. The molecule has 0 unspecified atom stereocenters. The van der Waals surface area contributed by atoms with Gasteiger partial charge in [0.15, 0.2) is 0 Å². The zero-order valence-corrected chi connectivity index (χ0v) is 14.2. The first-order valence-corrected chi connectivity index (χ1v) is 8.84. The van der Waals surface area contributed by atoms with Crippen LogP contribution in [0.2, 0.25) is 0 Å². The highest BCUT2D eigenvalue weighted by molar-refractivity contribution is 7.08. The number of imidazole rings is 1. The van der Waals surface area contributed by atoms with Gasteiger partial charge in [-0.1, -0.05) is 17.8 Å². The van der Waals surface area contributed by atoms with Crippen LogP contribution in [0, 0.1) is 0 Å². The summed E-state index contributed by atoms with van der Waals surface area (Å²) in [5, 5.41) is 4.10. The summed E-state index contributed by atoms with van der Waals surface area (Å²) >= 11 is 1.22. The molecule has 0 saturated carbocycles. The molecule has 0 N–H and O–H groups in total. The maximum absolute atomic E-state index is 12.6. The monoisotopic (exact) mass is 334 g/mol. The molecule has 0 atom stereocenters. The van der Waals surface area contributed by atoms with Crippen molar-refractivity contribution < 1.29 is 4.79 Å². The van der Waals surface area contributed by atoms with E-state index in [1.54, 1.807) is 6.20 Å². The Morgan fingerprint density at radius 1 is 1.26 bits per heavy atom. The van der Waals surface area contributed by atoms with Crippen LogP contribution in [-0.4, -0.2) is 67.6 Å². The quantitative estimate of drug-likeness (QED) is 0.793. The van der Waals surface area contributed by atoms with Crippen molar-refractivity contribution in [2.75, 3.05) is 32.7 Å². The molecule has 1 aliphatic heterocycles. The number of rotatable bonds is 6. The molecule has 0 aliphatic carbocycles. The fraction of sp³-hybridized carbons (Fsp3) is 0.600. The summed E-state index contributed by atoms with van der Waals surface area (Å²) < 4.78 is 6.04. The number of carbonyl (C=O) groups is 1. The number of hydrogen-bond donors (Lipinski definition) is 0. The SMILES string of the molecule is CCCc1nnsc1C(=O)N1CCN(CCn2ccnc2)CC1. The molecule has 3 heterocycles. The van der Waals surface area contributed by atoms with Gasteiger partial charge in [-0.05, 0) is 18.0 Å². The minimum atomic E-state index is 0.0951. The second-order valence-corrected chi connectivity index (χ2v) is 6.49. The van der Waals surface area contributed by atoms with Crippen molar-refractivity contribution in [2.45, 2.75) is 26.3 Å². The number of aromatic nitrogens is 4. The van der Waals surface area contributed by atoms with Crippen LogP contribution in [0.5, 0.6) is 0 Å². The molecule has 2 aromatic rings. The topological polar surface area (TPSA) is 67.2 Å². The lowest BCUT2D eigenvalue weighted by Crippen LogP contribution is -2.49. The molecular formula is C15H22N6OS. The fourth-order valence-corrected chi connectivity index (χ4v) is 3.44. The molecule has 0 aromatic carbocycles. The highest BCUT2D eigenvalue weighted by Crippen LogP contribution is 2.16. The second-order valence-electron chi connectivity index (χ2n) is 5.73.